The Morgan fingerprint density at radius 2 is 1.81 bits per heavy atom. The normalized spacial score (nSPS) is 12.2. The second-order valence-corrected chi connectivity index (χ2v) is 6.98. The fourth-order valence-electron chi connectivity index (χ4n) is 2.97. The number of aromatic nitrogens is 3. The fraction of sp³-hybridized carbons (Fsp3) is 0.556. The summed E-state index contributed by atoms with van der Waals surface area (Å²) in [6, 6.07) is 9.10. The fourth-order valence-corrected chi connectivity index (χ4v) is 2.97. The van der Waals surface area contributed by atoms with Crippen LogP contribution in [0, 0.1) is 0 Å². The lowest BCUT2D eigenvalue weighted by Crippen LogP contribution is -2.41. The van der Waals surface area contributed by atoms with Crippen molar-refractivity contribution in [3.8, 4) is 11.4 Å². The van der Waals surface area contributed by atoms with Crippen molar-refractivity contribution in [2.24, 2.45) is 7.05 Å². The Labute approximate surface area is 128 Å². The molecule has 1 aromatic heterocycles. The second kappa shape index (κ2) is 5.63. The average molecular weight is 286 g/mol. The van der Waals surface area contributed by atoms with Crippen LogP contribution in [0.15, 0.2) is 24.3 Å². The third-order valence-electron chi connectivity index (χ3n) is 3.89. The van der Waals surface area contributed by atoms with Crippen molar-refractivity contribution >= 4 is 0 Å². The predicted octanol–water partition coefficient (Wildman–Crippen LogP) is 3.82. The molecule has 0 N–H and O–H groups in total. The number of aryl methyl sites for hydroxylation is 2. The van der Waals surface area contributed by atoms with Gasteiger partial charge in [0.2, 0.25) is 0 Å². The van der Waals surface area contributed by atoms with E-state index in [1.165, 1.54) is 17.0 Å². The Morgan fingerprint density at radius 3 is 2.33 bits per heavy atom. The van der Waals surface area contributed by atoms with Crippen LogP contribution in [0.25, 0.3) is 11.4 Å². The maximum atomic E-state index is 4.73. The summed E-state index contributed by atoms with van der Waals surface area (Å²) in [5.41, 5.74) is 2.76. The number of hydrogen-bond acceptors (Lipinski definition) is 1. The first kappa shape index (κ1) is 15.7. The molecule has 0 atom stereocenters. The van der Waals surface area contributed by atoms with Crippen LogP contribution >= 0.6 is 0 Å². The molecule has 0 saturated carbocycles. The van der Waals surface area contributed by atoms with Crippen molar-refractivity contribution in [2.75, 3.05) is 0 Å². The highest BCUT2D eigenvalue weighted by molar-refractivity contribution is 5.60. The molecule has 1 heterocycles. The highest BCUT2D eigenvalue weighted by Crippen LogP contribution is 2.31. The van der Waals surface area contributed by atoms with Gasteiger partial charge in [-0.3, -0.25) is 0 Å². The lowest BCUT2D eigenvalue weighted by molar-refractivity contribution is -0.713. The minimum absolute atomic E-state index is 0.113. The van der Waals surface area contributed by atoms with E-state index in [0.717, 1.165) is 12.2 Å². The van der Waals surface area contributed by atoms with Crippen molar-refractivity contribution in [3.63, 3.8) is 0 Å². The molecule has 0 aliphatic heterocycles. The van der Waals surface area contributed by atoms with Crippen molar-refractivity contribution in [3.05, 3.63) is 35.7 Å². The Bertz CT molecular complexity index is 630. The second-order valence-electron chi connectivity index (χ2n) is 6.98. The predicted molar refractivity (Wildman–Crippen MR) is 87.3 cm³/mol. The van der Waals surface area contributed by atoms with E-state index in [1.54, 1.807) is 0 Å². The third kappa shape index (κ3) is 2.87. The van der Waals surface area contributed by atoms with Gasteiger partial charge >= 0.3 is 0 Å². The SMILES string of the molecule is CCc1nn(C)c(-c2ccccc2C(C)(C)C)[n+]1C(C)C. The Morgan fingerprint density at radius 1 is 1.19 bits per heavy atom. The molecule has 0 bridgehead atoms. The molecule has 21 heavy (non-hydrogen) atoms. The number of rotatable bonds is 3. The van der Waals surface area contributed by atoms with Crippen molar-refractivity contribution in [1.82, 2.24) is 9.78 Å². The van der Waals surface area contributed by atoms with Gasteiger partial charge < -0.3 is 0 Å². The molecule has 0 fully saturated rings. The minimum Gasteiger partial charge on any atom is -0.226 e. The van der Waals surface area contributed by atoms with E-state index in [2.05, 4.69) is 70.4 Å². The summed E-state index contributed by atoms with van der Waals surface area (Å²) in [6.07, 6.45) is 0.948. The van der Waals surface area contributed by atoms with Crippen LogP contribution < -0.4 is 4.57 Å². The summed E-state index contributed by atoms with van der Waals surface area (Å²) in [5, 5.41) is 4.73. The first-order chi connectivity index (χ1) is 9.77. The third-order valence-corrected chi connectivity index (χ3v) is 3.89. The average Bonchev–Trinajstić information content (AvgIpc) is 2.74. The zero-order chi connectivity index (χ0) is 15.8. The van der Waals surface area contributed by atoms with E-state index >= 15 is 0 Å². The maximum Gasteiger partial charge on any atom is 0.277 e. The molecule has 114 valence electrons. The molecule has 0 radical (unpaired) electrons. The molecule has 0 spiro atoms. The topological polar surface area (TPSA) is 21.7 Å². The Hall–Kier alpha value is -1.64. The van der Waals surface area contributed by atoms with E-state index in [9.17, 15) is 0 Å². The van der Waals surface area contributed by atoms with Crippen LogP contribution in [-0.4, -0.2) is 9.78 Å². The molecular formula is C18H28N3+. The zero-order valence-electron chi connectivity index (χ0n) is 14.4. The molecule has 0 aliphatic rings. The lowest BCUT2D eigenvalue weighted by atomic mass is 9.83. The van der Waals surface area contributed by atoms with Gasteiger partial charge in [-0.05, 0) is 30.9 Å². The van der Waals surface area contributed by atoms with Gasteiger partial charge in [0.25, 0.3) is 11.6 Å². The summed E-state index contributed by atoms with van der Waals surface area (Å²) in [7, 11) is 2.05. The van der Waals surface area contributed by atoms with E-state index in [0.29, 0.717) is 6.04 Å². The van der Waals surface area contributed by atoms with E-state index < -0.39 is 0 Å². The maximum absolute atomic E-state index is 4.73. The Balaban J connectivity index is 2.77. The number of hydrogen-bond donors (Lipinski definition) is 0. The first-order valence-corrected chi connectivity index (χ1v) is 7.84. The van der Waals surface area contributed by atoms with Crippen LogP contribution in [0.2, 0.25) is 0 Å². The van der Waals surface area contributed by atoms with Crippen LogP contribution in [0.5, 0.6) is 0 Å². The van der Waals surface area contributed by atoms with Crippen molar-refractivity contribution in [2.45, 2.75) is 59.4 Å². The molecule has 0 saturated heterocycles. The van der Waals surface area contributed by atoms with Gasteiger partial charge in [-0.1, -0.05) is 45.9 Å². The van der Waals surface area contributed by atoms with Gasteiger partial charge in [0.1, 0.15) is 0 Å². The molecule has 3 nitrogen and oxygen atoms in total. The van der Waals surface area contributed by atoms with Gasteiger partial charge in [0.05, 0.1) is 18.7 Å². The van der Waals surface area contributed by atoms with Gasteiger partial charge in [-0.2, -0.15) is 0 Å². The molecule has 2 rings (SSSR count). The van der Waals surface area contributed by atoms with Crippen LogP contribution in [0.4, 0.5) is 0 Å². The molecule has 1 aromatic carbocycles. The lowest BCUT2D eigenvalue weighted by Gasteiger charge is -2.22. The molecule has 2 aromatic rings. The molecule has 0 amide bonds. The van der Waals surface area contributed by atoms with Crippen LogP contribution in [0.3, 0.4) is 0 Å². The smallest absolute Gasteiger partial charge is 0.226 e. The van der Waals surface area contributed by atoms with E-state index in [4.69, 9.17) is 5.10 Å². The van der Waals surface area contributed by atoms with Crippen molar-refractivity contribution < 1.29 is 4.57 Å². The van der Waals surface area contributed by atoms with E-state index in [-0.39, 0.29) is 5.41 Å². The Kier molecular flexibility index (Phi) is 4.22. The van der Waals surface area contributed by atoms with Crippen molar-refractivity contribution in [1.29, 1.82) is 0 Å². The molecule has 0 unspecified atom stereocenters. The summed E-state index contributed by atoms with van der Waals surface area (Å²) >= 11 is 0. The summed E-state index contributed by atoms with van der Waals surface area (Å²) < 4.78 is 4.40. The number of benzene rings is 1. The van der Waals surface area contributed by atoms with E-state index in [1.807, 2.05) is 11.7 Å². The number of nitrogens with zero attached hydrogens (tertiary/aromatic N) is 3. The highest BCUT2D eigenvalue weighted by atomic mass is 15.4. The largest absolute Gasteiger partial charge is 0.277 e. The van der Waals surface area contributed by atoms with Crippen LogP contribution in [-0.2, 0) is 18.9 Å². The highest BCUT2D eigenvalue weighted by Gasteiger charge is 2.29. The van der Waals surface area contributed by atoms with Gasteiger partial charge in [-0.15, -0.1) is 4.68 Å². The van der Waals surface area contributed by atoms with Gasteiger partial charge in [-0.25, -0.2) is 4.57 Å². The van der Waals surface area contributed by atoms with Gasteiger partial charge in [0, 0.05) is 11.5 Å². The molecule has 3 heteroatoms. The standard InChI is InChI=1S/C18H28N3/c1-8-16-19-20(7)17(21(16)13(2)3)14-11-9-10-12-15(14)18(4,5)6/h9-13H,8H2,1-7H3/q+1. The van der Waals surface area contributed by atoms with Crippen LogP contribution in [0.1, 0.15) is 59.0 Å². The monoisotopic (exact) mass is 286 g/mol. The van der Waals surface area contributed by atoms with Gasteiger partial charge in [0.15, 0.2) is 0 Å². The summed E-state index contributed by atoms with van der Waals surface area (Å²) in [6.45, 7) is 13.4. The first-order valence-electron chi connectivity index (χ1n) is 7.84. The minimum atomic E-state index is 0.113. The zero-order valence-corrected chi connectivity index (χ0v) is 14.4. The molecule has 0 aliphatic carbocycles. The molecular weight excluding hydrogens is 258 g/mol. The summed E-state index contributed by atoms with van der Waals surface area (Å²) in [5.74, 6) is 2.35. The summed E-state index contributed by atoms with van der Waals surface area (Å²) in [4.78, 5) is 0. The quantitative estimate of drug-likeness (QED) is 0.786.